The average Bonchev–Trinajstić information content (AvgIpc) is 2.29. The van der Waals surface area contributed by atoms with E-state index in [1.807, 2.05) is 12.1 Å². The first-order chi connectivity index (χ1) is 7.92. The molecule has 94 valence electrons. The smallest absolute Gasteiger partial charge is 0.109 e. The van der Waals surface area contributed by atoms with Crippen LogP contribution in [0.5, 0.6) is 0 Å². The molecule has 0 radical (unpaired) electrons. The maximum absolute atomic E-state index is 10.5. The fourth-order valence-corrected chi connectivity index (χ4v) is 2.13. The summed E-state index contributed by atoms with van der Waals surface area (Å²) in [5.41, 5.74) is -0.239. The maximum atomic E-state index is 10.5. The minimum absolute atomic E-state index is 0.682. The van der Waals surface area contributed by atoms with Crippen molar-refractivity contribution < 1.29 is 10.2 Å². The molecule has 2 rings (SSSR count). The summed E-state index contributed by atoms with van der Waals surface area (Å²) in [4.78, 5) is 4.30. The van der Waals surface area contributed by atoms with Gasteiger partial charge in [0.1, 0.15) is 5.60 Å². The number of nitrogens with zero attached hydrogens (tertiary/aromatic N) is 1. The summed E-state index contributed by atoms with van der Waals surface area (Å²) < 4.78 is 0. The molecule has 0 amide bonds. The van der Waals surface area contributed by atoms with E-state index in [-0.39, 0.29) is 0 Å². The SMILES string of the molecule is CC(C)(O)c1ccc(C2(O)CCNCC2)nc1. The molecule has 1 fully saturated rings. The van der Waals surface area contributed by atoms with Crippen molar-refractivity contribution in [3.05, 3.63) is 29.6 Å². The fraction of sp³-hybridized carbons (Fsp3) is 0.615. The highest BCUT2D eigenvalue weighted by atomic mass is 16.3. The largest absolute Gasteiger partial charge is 0.386 e. The zero-order valence-electron chi connectivity index (χ0n) is 10.4. The molecule has 1 saturated heterocycles. The van der Waals surface area contributed by atoms with Crippen molar-refractivity contribution in [1.82, 2.24) is 10.3 Å². The van der Waals surface area contributed by atoms with Gasteiger partial charge < -0.3 is 15.5 Å². The third-order valence-corrected chi connectivity index (χ3v) is 3.38. The summed E-state index contributed by atoms with van der Waals surface area (Å²) in [6.45, 7) is 5.07. The molecule has 2 heterocycles. The maximum Gasteiger partial charge on any atom is 0.109 e. The van der Waals surface area contributed by atoms with Gasteiger partial charge in [0.2, 0.25) is 0 Å². The molecule has 0 aromatic carbocycles. The zero-order valence-corrected chi connectivity index (χ0v) is 10.4. The van der Waals surface area contributed by atoms with Crippen molar-refractivity contribution in [2.24, 2.45) is 0 Å². The lowest BCUT2D eigenvalue weighted by atomic mass is 9.88. The number of aromatic nitrogens is 1. The molecule has 1 aliphatic heterocycles. The first kappa shape index (κ1) is 12.5. The van der Waals surface area contributed by atoms with E-state index in [1.54, 1.807) is 20.0 Å². The van der Waals surface area contributed by atoms with Gasteiger partial charge in [0.05, 0.1) is 11.3 Å². The summed E-state index contributed by atoms with van der Waals surface area (Å²) in [7, 11) is 0. The van der Waals surface area contributed by atoms with Gasteiger partial charge in [-0.15, -0.1) is 0 Å². The van der Waals surface area contributed by atoms with Crippen molar-refractivity contribution in [2.45, 2.75) is 37.9 Å². The molecular formula is C13H20N2O2. The second kappa shape index (κ2) is 4.37. The van der Waals surface area contributed by atoms with Crippen LogP contribution < -0.4 is 5.32 Å². The van der Waals surface area contributed by atoms with Crippen LogP contribution in [0.15, 0.2) is 18.3 Å². The minimum Gasteiger partial charge on any atom is -0.386 e. The summed E-state index contributed by atoms with van der Waals surface area (Å²) in [5.74, 6) is 0. The van der Waals surface area contributed by atoms with E-state index in [0.717, 1.165) is 18.7 Å². The molecule has 1 aromatic heterocycles. The van der Waals surface area contributed by atoms with Crippen LogP contribution in [-0.4, -0.2) is 28.3 Å². The van der Waals surface area contributed by atoms with Gasteiger partial charge in [0.15, 0.2) is 0 Å². The zero-order chi connectivity index (χ0) is 12.5. The Kier molecular flexibility index (Phi) is 3.21. The molecule has 3 N–H and O–H groups in total. The predicted octanol–water partition coefficient (Wildman–Crippen LogP) is 0.880. The lowest BCUT2D eigenvalue weighted by Gasteiger charge is -2.32. The van der Waals surface area contributed by atoms with Gasteiger partial charge in [-0.2, -0.15) is 0 Å². The second-order valence-electron chi connectivity index (χ2n) is 5.27. The quantitative estimate of drug-likeness (QED) is 0.713. The van der Waals surface area contributed by atoms with Gasteiger partial charge in [0, 0.05) is 11.8 Å². The molecule has 1 aliphatic rings. The second-order valence-corrected chi connectivity index (χ2v) is 5.27. The third kappa shape index (κ3) is 2.65. The van der Waals surface area contributed by atoms with Gasteiger partial charge in [-0.25, -0.2) is 0 Å². The molecular weight excluding hydrogens is 216 g/mol. The highest BCUT2D eigenvalue weighted by molar-refractivity contribution is 5.23. The number of pyridine rings is 1. The number of hydrogen-bond donors (Lipinski definition) is 3. The fourth-order valence-electron chi connectivity index (χ4n) is 2.13. The van der Waals surface area contributed by atoms with Gasteiger partial charge >= 0.3 is 0 Å². The standard InChI is InChI=1S/C13H20N2O2/c1-12(2,16)10-3-4-11(15-9-10)13(17)5-7-14-8-6-13/h3-4,9,14,16-17H,5-8H2,1-2H3. The molecule has 17 heavy (non-hydrogen) atoms. The topological polar surface area (TPSA) is 65.4 Å². The van der Waals surface area contributed by atoms with E-state index in [2.05, 4.69) is 10.3 Å². The number of aliphatic hydroxyl groups is 2. The molecule has 0 unspecified atom stereocenters. The van der Waals surface area contributed by atoms with E-state index in [9.17, 15) is 10.2 Å². The van der Waals surface area contributed by atoms with Crippen LogP contribution in [0.25, 0.3) is 0 Å². The Bertz CT molecular complexity index is 375. The minimum atomic E-state index is -0.887. The van der Waals surface area contributed by atoms with Gasteiger partial charge in [-0.1, -0.05) is 6.07 Å². The van der Waals surface area contributed by atoms with E-state index in [1.165, 1.54) is 0 Å². The van der Waals surface area contributed by atoms with Crippen molar-refractivity contribution in [2.75, 3.05) is 13.1 Å². The summed E-state index contributed by atoms with van der Waals surface area (Å²) in [6.07, 6.45) is 3.01. The van der Waals surface area contributed by atoms with Crippen LogP contribution in [0.2, 0.25) is 0 Å². The van der Waals surface area contributed by atoms with Crippen LogP contribution in [0.1, 0.15) is 37.9 Å². The Labute approximate surface area is 102 Å². The van der Waals surface area contributed by atoms with Gasteiger partial charge in [-0.3, -0.25) is 4.98 Å². The van der Waals surface area contributed by atoms with Crippen molar-refractivity contribution in [1.29, 1.82) is 0 Å². The van der Waals surface area contributed by atoms with Crippen LogP contribution in [0.4, 0.5) is 0 Å². The van der Waals surface area contributed by atoms with Crippen molar-refractivity contribution >= 4 is 0 Å². The Morgan fingerprint density at radius 3 is 2.41 bits per heavy atom. The first-order valence-corrected chi connectivity index (χ1v) is 6.04. The lowest BCUT2D eigenvalue weighted by molar-refractivity contribution is 0.00157. The third-order valence-electron chi connectivity index (χ3n) is 3.38. The molecule has 0 saturated carbocycles. The molecule has 4 nitrogen and oxygen atoms in total. The monoisotopic (exact) mass is 236 g/mol. The normalized spacial score (nSPS) is 20.2. The van der Waals surface area contributed by atoms with Crippen LogP contribution in [0.3, 0.4) is 0 Å². The summed E-state index contributed by atoms with van der Waals surface area (Å²) in [6, 6.07) is 3.65. The molecule has 0 spiro atoms. The highest BCUT2D eigenvalue weighted by Crippen LogP contribution is 2.29. The number of hydrogen-bond acceptors (Lipinski definition) is 4. The van der Waals surface area contributed by atoms with Crippen LogP contribution in [0, 0.1) is 0 Å². The van der Waals surface area contributed by atoms with E-state index >= 15 is 0 Å². The Morgan fingerprint density at radius 2 is 1.94 bits per heavy atom. The lowest BCUT2D eigenvalue weighted by Crippen LogP contribution is -2.40. The summed E-state index contributed by atoms with van der Waals surface area (Å²) in [5, 5.41) is 23.5. The predicted molar refractivity (Wildman–Crippen MR) is 65.5 cm³/mol. The van der Waals surface area contributed by atoms with E-state index in [4.69, 9.17) is 0 Å². The molecule has 0 atom stereocenters. The van der Waals surface area contributed by atoms with Crippen molar-refractivity contribution in [3.63, 3.8) is 0 Å². The van der Waals surface area contributed by atoms with Crippen LogP contribution >= 0.6 is 0 Å². The summed E-state index contributed by atoms with van der Waals surface area (Å²) >= 11 is 0. The highest BCUT2D eigenvalue weighted by Gasteiger charge is 2.32. The number of rotatable bonds is 2. The van der Waals surface area contributed by atoms with E-state index < -0.39 is 11.2 Å². The molecule has 4 heteroatoms. The van der Waals surface area contributed by atoms with E-state index in [0.29, 0.717) is 18.5 Å². The van der Waals surface area contributed by atoms with Crippen LogP contribution in [-0.2, 0) is 11.2 Å². The van der Waals surface area contributed by atoms with Gasteiger partial charge in [-0.05, 0) is 45.8 Å². The number of piperidine rings is 1. The molecule has 0 aliphatic carbocycles. The molecule has 0 bridgehead atoms. The average molecular weight is 236 g/mol. The first-order valence-electron chi connectivity index (χ1n) is 6.04. The number of nitrogens with one attached hydrogen (secondary N) is 1. The van der Waals surface area contributed by atoms with Gasteiger partial charge in [0.25, 0.3) is 0 Å². The van der Waals surface area contributed by atoms with Crippen molar-refractivity contribution in [3.8, 4) is 0 Å². The Hall–Kier alpha value is -0.970. The Balaban J connectivity index is 2.23. The Morgan fingerprint density at radius 1 is 1.29 bits per heavy atom. The molecule has 1 aromatic rings.